The van der Waals surface area contributed by atoms with Gasteiger partial charge in [-0.3, -0.25) is 9.69 Å². The molecule has 0 spiro atoms. The summed E-state index contributed by atoms with van der Waals surface area (Å²) in [7, 11) is 0. The minimum Gasteiger partial charge on any atom is -0.318 e. The topological polar surface area (TPSA) is 37.6 Å². The summed E-state index contributed by atoms with van der Waals surface area (Å²) in [6.45, 7) is 13.7. The van der Waals surface area contributed by atoms with Crippen LogP contribution in [0.1, 0.15) is 56.6 Å². The molecule has 0 radical (unpaired) electrons. The Hall–Kier alpha value is -3.05. The molecule has 0 saturated carbocycles. The van der Waals surface area contributed by atoms with E-state index in [9.17, 15) is 4.79 Å². The van der Waals surface area contributed by atoms with Crippen LogP contribution >= 0.6 is 11.8 Å². The van der Waals surface area contributed by atoms with Gasteiger partial charge in [-0.25, -0.2) is 4.99 Å². The van der Waals surface area contributed by atoms with E-state index in [2.05, 4.69) is 76.4 Å². The van der Waals surface area contributed by atoms with E-state index in [1.54, 1.807) is 4.90 Å². The smallest absolute Gasteiger partial charge is 0.266 e. The number of aryl methyl sites for hydroxylation is 1. The number of hydrogen-bond acceptors (Lipinski definition) is 3. The summed E-state index contributed by atoms with van der Waals surface area (Å²) in [5, 5.41) is 0.746. The Morgan fingerprint density at radius 2 is 1.68 bits per heavy atom. The maximum absolute atomic E-state index is 13.3. The molecule has 0 unspecified atom stereocenters. The van der Waals surface area contributed by atoms with Crippen molar-refractivity contribution >= 4 is 34.6 Å². The van der Waals surface area contributed by atoms with Gasteiger partial charge in [0.25, 0.3) is 5.91 Å². The average molecular weight is 472 g/mol. The maximum Gasteiger partial charge on any atom is 0.266 e. The highest BCUT2D eigenvalue weighted by Gasteiger charge is 2.33. The molecule has 1 aliphatic rings. The molecule has 4 nitrogen and oxygen atoms in total. The second-order valence-corrected chi connectivity index (χ2v) is 10.8. The van der Waals surface area contributed by atoms with E-state index in [1.807, 2.05) is 36.4 Å². The Labute approximate surface area is 207 Å². The molecule has 2 heterocycles. The van der Waals surface area contributed by atoms with E-state index in [0.29, 0.717) is 11.4 Å². The van der Waals surface area contributed by atoms with Crippen molar-refractivity contribution < 1.29 is 4.79 Å². The molecule has 1 fully saturated rings. The molecule has 5 heteroatoms. The van der Waals surface area contributed by atoms with Crippen molar-refractivity contribution in [1.82, 2.24) is 9.47 Å². The normalized spacial score (nSPS) is 16.8. The third-order valence-electron chi connectivity index (χ3n) is 6.06. The molecule has 0 atom stereocenters. The van der Waals surface area contributed by atoms with E-state index in [4.69, 9.17) is 4.99 Å². The molecule has 34 heavy (non-hydrogen) atoms. The molecule has 3 aromatic rings. The molecule has 176 valence electrons. The Balaban J connectivity index is 1.68. The number of amidine groups is 1. The fourth-order valence-corrected chi connectivity index (χ4v) is 5.22. The summed E-state index contributed by atoms with van der Waals surface area (Å²) in [5.41, 5.74) is 6.76. The van der Waals surface area contributed by atoms with Crippen LogP contribution in [0.3, 0.4) is 0 Å². The van der Waals surface area contributed by atoms with E-state index in [-0.39, 0.29) is 11.3 Å². The zero-order valence-electron chi connectivity index (χ0n) is 20.9. The van der Waals surface area contributed by atoms with Crippen LogP contribution in [-0.2, 0) is 10.2 Å². The van der Waals surface area contributed by atoms with Crippen molar-refractivity contribution in [2.75, 3.05) is 6.54 Å². The van der Waals surface area contributed by atoms with Gasteiger partial charge in [-0.15, -0.1) is 0 Å². The van der Waals surface area contributed by atoms with Crippen molar-refractivity contribution in [3.8, 4) is 5.69 Å². The van der Waals surface area contributed by atoms with E-state index in [1.165, 1.54) is 17.3 Å². The highest BCUT2D eigenvalue weighted by atomic mass is 32.2. The fraction of sp³-hybridized carbons (Fsp3) is 0.310. The lowest BCUT2D eigenvalue weighted by molar-refractivity contribution is -0.122. The molecule has 0 aliphatic carbocycles. The zero-order valence-corrected chi connectivity index (χ0v) is 21.7. The minimum atomic E-state index is 0.0286. The molecule has 2 aromatic carbocycles. The van der Waals surface area contributed by atoms with Gasteiger partial charge in [-0.05, 0) is 85.0 Å². The third-order valence-corrected chi connectivity index (χ3v) is 7.07. The first-order chi connectivity index (χ1) is 16.2. The number of carbonyl (C=O) groups is 1. The Morgan fingerprint density at radius 1 is 1.00 bits per heavy atom. The lowest BCUT2D eigenvalue weighted by Crippen LogP contribution is -2.29. The summed E-state index contributed by atoms with van der Waals surface area (Å²) in [6.07, 6.45) is 2.90. The Morgan fingerprint density at radius 3 is 2.29 bits per heavy atom. The monoisotopic (exact) mass is 471 g/mol. The van der Waals surface area contributed by atoms with Crippen LogP contribution in [0.25, 0.3) is 11.8 Å². The number of hydrogen-bond donors (Lipinski definition) is 0. The summed E-state index contributed by atoms with van der Waals surface area (Å²) >= 11 is 1.46. The van der Waals surface area contributed by atoms with Gasteiger partial charge in [-0.1, -0.05) is 58.0 Å². The number of rotatable bonds is 5. The van der Waals surface area contributed by atoms with Crippen LogP contribution in [0.2, 0.25) is 0 Å². The molecule has 1 amide bonds. The van der Waals surface area contributed by atoms with Gasteiger partial charge in [-0.2, -0.15) is 0 Å². The molecule has 0 N–H and O–H groups in total. The summed E-state index contributed by atoms with van der Waals surface area (Å²) < 4.78 is 2.26. The maximum atomic E-state index is 13.3. The fourth-order valence-electron chi connectivity index (χ4n) is 4.21. The SMILES string of the molecule is CCCN1C(=O)/C(=C/c2cc(C)n(-c3ccc(C(C)(C)C)cc3)c2C)SC1=Nc1ccccc1. The number of amides is 1. The molecule has 1 aliphatic heterocycles. The number of benzene rings is 2. The summed E-state index contributed by atoms with van der Waals surface area (Å²) in [4.78, 5) is 20.5. The predicted octanol–water partition coefficient (Wildman–Crippen LogP) is 7.41. The van der Waals surface area contributed by atoms with Crippen LogP contribution < -0.4 is 0 Å². The molecular weight excluding hydrogens is 438 g/mol. The van der Waals surface area contributed by atoms with Gasteiger partial charge in [0, 0.05) is 23.6 Å². The van der Waals surface area contributed by atoms with Crippen molar-refractivity contribution in [2.45, 2.75) is 53.4 Å². The van der Waals surface area contributed by atoms with Gasteiger partial charge in [0.1, 0.15) is 0 Å². The second-order valence-electron chi connectivity index (χ2n) is 9.76. The molecule has 1 aromatic heterocycles. The van der Waals surface area contributed by atoms with E-state index in [0.717, 1.165) is 39.9 Å². The van der Waals surface area contributed by atoms with Gasteiger partial charge < -0.3 is 4.57 Å². The van der Waals surface area contributed by atoms with Crippen molar-refractivity contribution in [2.24, 2.45) is 4.99 Å². The predicted molar refractivity (Wildman–Crippen MR) is 145 cm³/mol. The number of nitrogens with zero attached hydrogens (tertiary/aromatic N) is 3. The summed E-state index contributed by atoms with van der Waals surface area (Å²) in [6, 6.07) is 20.7. The number of para-hydroxylation sites is 1. The third kappa shape index (κ3) is 4.90. The Kier molecular flexibility index (Phi) is 6.85. The molecule has 0 bridgehead atoms. The van der Waals surface area contributed by atoms with Crippen molar-refractivity contribution in [3.63, 3.8) is 0 Å². The lowest BCUT2D eigenvalue weighted by Gasteiger charge is -2.20. The van der Waals surface area contributed by atoms with Crippen LogP contribution in [-0.4, -0.2) is 27.1 Å². The van der Waals surface area contributed by atoms with Gasteiger partial charge in [0.05, 0.1) is 10.6 Å². The van der Waals surface area contributed by atoms with Gasteiger partial charge in [0.15, 0.2) is 5.17 Å². The molecular formula is C29H33N3OS. The van der Waals surface area contributed by atoms with E-state index >= 15 is 0 Å². The quantitative estimate of drug-likeness (QED) is 0.363. The van der Waals surface area contributed by atoms with Crippen LogP contribution in [0.5, 0.6) is 0 Å². The van der Waals surface area contributed by atoms with Crippen LogP contribution in [0.15, 0.2) is 70.6 Å². The summed E-state index contributed by atoms with van der Waals surface area (Å²) in [5.74, 6) is 0.0286. The van der Waals surface area contributed by atoms with Gasteiger partial charge in [0.2, 0.25) is 0 Å². The first kappa shape index (κ1) is 24.1. The number of thioether (sulfide) groups is 1. The number of aliphatic imine (C=N–C) groups is 1. The zero-order chi connectivity index (χ0) is 24.5. The minimum absolute atomic E-state index is 0.0286. The largest absolute Gasteiger partial charge is 0.318 e. The number of carbonyl (C=O) groups excluding carboxylic acids is 1. The van der Waals surface area contributed by atoms with Crippen LogP contribution in [0, 0.1) is 13.8 Å². The standard InChI is InChI=1S/C29H33N3OS/c1-7-17-31-27(33)26(34-28(31)30-24-11-9-8-10-12-24)19-22-18-20(2)32(21(22)3)25-15-13-23(14-16-25)29(4,5)6/h8-16,18-19H,7,17H2,1-6H3/b26-19-,30-28?. The van der Waals surface area contributed by atoms with E-state index < -0.39 is 0 Å². The van der Waals surface area contributed by atoms with Crippen molar-refractivity contribution in [1.29, 1.82) is 0 Å². The highest BCUT2D eigenvalue weighted by Crippen LogP contribution is 2.35. The average Bonchev–Trinajstić information content (AvgIpc) is 3.24. The first-order valence-electron chi connectivity index (χ1n) is 11.8. The van der Waals surface area contributed by atoms with Crippen LogP contribution in [0.4, 0.5) is 5.69 Å². The van der Waals surface area contributed by atoms with Crippen molar-refractivity contribution in [3.05, 3.63) is 88.1 Å². The molecule has 1 saturated heterocycles. The molecule has 4 rings (SSSR count). The Bertz CT molecular complexity index is 1250. The highest BCUT2D eigenvalue weighted by molar-refractivity contribution is 8.18. The second kappa shape index (κ2) is 9.67. The first-order valence-corrected chi connectivity index (χ1v) is 12.7. The van der Waals surface area contributed by atoms with Gasteiger partial charge >= 0.3 is 0 Å². The lowest BCUT2D eigenvalue weighted by atomic mass is 9.87. The number of aromatic nitrogens is 1.